The first-order valence-electron chi connectivity index (χ1n) is 3.98. The zero-order valence-electron chi connectivity index (χ0n) is 7.39. The average molecular weight is 225 g/mol. The van der Waals surface area contributed by atoms with Gasteiger partial charge >= 0.3 is 5.00 Å². The van der Waals surface area contributed by atoms with Gasteiger partial charge in [0.15, 0.2) is 0 Å². The van der Waals surface area contributed by atoms with Gasteiger partial charge < -0.3 is 0 Å². The van der Waals surface area contributed by atoms with Gasteiger partial charge in [-0.3, -0.25) is 10.1 Å². The van der Waals surface area contributed by atoms with Crippen molar-refractivity contribution in [3.63, 3.8) is 0 Å². The van der Waals surface area contributed by atoms with Crippen LogP contribution in [0.3, 0.4) is 0 Å². The lowest BCUT2D eigenvalue weighted by Gasteiger charge is -1.86. The Morgan fingerprint density at radius 2 is 1.79 bits per heavy atom. The predicted molar refractivity (Wildman–Crippen MR) is 59.0 cm³/mol. The lowest BCUT2D eigenvalue weighted by Crippen LogP contribution is -1.80. The third-order valence-electron chi connectivity index (χ3n) is 1.75. The second kappa shape index (κ2) is 3.51. The molecule has 0 saturated heterocycles. The molecular formula is C9H7NO2S2. The van der Waals surface area contributed by atoms with Gasteiger partial charge in [0.25, 0.3) is 0 Å². The van der Waals surface area contributed by atoms with Crippen molar-refractivity contribution in [1.29, 1.82) is 0 Å². The SMILES string of the molecule is Cc1ccc(-c2ccc([N+](=O)[O-])s2)s1. The second-order valence-electron chi connectivity index (χ2n) is 2.81. The lowest BCUT2D eigenvalue weighted by molar-refractivity contribution is -0.380. The highest BCUT2D eigenvalue weighted by molar-refractivity contribution is 7.23. The molecule has 2 aromatic heterocycles. The van der Waals surface area contributed by atoms with Crippen LogP contribution in [0.2, 0.25) is 0 Å². The number of nitrogens with zero attached hydrogens (tertiary/aromatic N) is 1. The van der Waals surface area contributed by atoms with E-state index in [1.165, 1.54) is 16.2 Å². The van der Waals surface area contributed by atoms with E-state index in [9.17, 15) is 10.1 Å². The Hall–Kier alpha value is -1.20. The maximum Gasteiger partial charge on any atom is 0.324 e. The molecule has 0 fully saturated rings. The molecule has 0 amide bonds. The third kappa shape index (κ3) is 1.69. The number of thiophene rings is 2. The summed E-state index contributed by atoms with van der Waals surface area (Å²) in [5, 5.41) is 10.7. The molecular weight excluding hydrogens is 218 g/mol. The number of nitro groups is 1. The van der Waals surface area contributed by atoms with Crippen molar-refractivity contribution in [1.82, 2.24) is 0 Å². The molecule has 0 saturated carbocycles. The Morgan fingerprint density at radius 3 is 2.29 bits per heavy atom. The van der Waals surface area contributed by atoms with E-state index < -0.39 is 0 Å². The lowest BCUT2D eigenvalue weighted by atomic mass is 10.4. The zero-order valence-corrected chi connectivity index (χ0v) is 9.02. The van der Waals surface area contributed by atoms with Crippen LogP contribution in [0.4, 0.5) is 5.00 Å². The highest BCUT2D eigenvalue weighted by atomic mass is 32.1. The molecule has 0 aromatic carbocycles. The largest absolute Gasteiger partial charge is 0.324 e. The van der Waals surface area contributed by atoms with Crippen LogP contribution in [0, 0.1) is 17.0 Å². The molecule has 2 aromatic rings. The minimum Gasteiger partial charge on any atom is -0.258 e. The number of aryl methyl sites for hydroxylation is 1. The smallest absolute Gasteiger partial charge is 0.258 e. The van der Waals surface area contributed by atoms with Gasteiger partial charge in [0, 0.05) is 15.8 Å². The maximum absolute atomic E-state index is 10.5. The summed E-state index contributed by atoms with van der Waals surface area (Å²) >= 11 is 2.87. The van der Waals surface area contributed by atoms with Crippen LogP contribution < -0.4 is 0 Å². The van der Waals surface area contributed by atoms with E-state index in [4.69, 9.17) is 0 Å². The Labute approximate surface area is 88.8 Å². The van der Waals surface area contributed by atoms with Crippen LogP contribution in [0.25, 0.3) is 9.75 Å². The monoisotopic (exact) mass is 225 g/mol. The summed E-state index contributed by atoms with van der Waals surface area (Å²) in [6.07, 6.45) is 0. The molecule has 14 heavy (non-hydrogen) atoms. The summed E-state index contributed by atoms with van der Waals surface area (Å²) in [6, 6.07) is 7.37. The fourth-order valence-electron chi connectivity index (χ4n) is 1.13. The highest BCUT2D eigenvalue weighted by Crippen LogP contribution is 2.36. The Bertz CT molecular complexity index is 473. The van der Waals surface area contributed by atoms with Gasteiger partial charge in [-0.2, -0.15) is 0 Å². The average Bonchev–Trinajstić information content (AvgIpc) is 2.70. The van der Waals surface area contributed by atoms with E-state index in [0.717, 1.165) is 9.75 Å². The van der Waals surface area contributed by atoms with Crippen LogP contribution in [-0.2, 0) is 0 Å². The molecule has 3 nitrogen and oxygen atoms in total. The molecule has 0 aliphatic rings. The molecule has 0 radical (unpaired) electrons. The van der Waals surface area contributed by atoms with Crippen LogP contribution in [0.5, 0.6) is 0 Å². The Kier molecular flexibility index (Phi) is 2.35. The van der Waals surface area contributed by atoms with Gasteiger partial charge in [-0.15, -0.1) is 11.3 Å². The molecule has 72 valence electrons. The maximum atomic E-state index is 10.5. The standard InChI is InChI=1S/C9H7NO2S2/c1-6-2-3-7(13-6)8-4-5-9(14-8)10(11)12/h2-5H,1H3. The molecule has 2 rings (SSSR count). The molecule has 0 aliphatic heterocycles. The van der Waals surface area contributed by atoms with Crippen LogP contribution in [0.15, 0.2) is 24.3 Å². The summed E-state index contributed by atoms with van der Waals surface area (Å²) in [6.45, 7) is 2.02. The van der Waals surface area contributed by atoms with Crippen molar-refractivity contribution in [3.05, 3.63) is 39.3 Å². The normalized spacial score (nSPS) is 10.4. The summed E-state index contributed by atoms with van der Waals surface area (Å²) in [5.74, 6) is 0. The third-order valence-corrected chi connectivity index (χ3v) is 3.99. The van der Waals surface area contributed by atoms with E-state index in [0.29, 0.717) is 0 Å². The van der Waals surface area contributed by atoms with Crippen molar-refractivity contribution >= 4 is 27.7 Å². The summed E-state index contributed by atoms with van der Waals surface area (Å²) in [7, 11) is 0. The quantitative estimate of drug-likeness (QED) is 0.577. The van der Waals surface area contributed by atoms with Crippen LogP contribution in [0.1, 0.15) is 4.88 Å². The van der Waals surface area contributed by atoms with Crippen molar-refractivity contribution in [2.75, 3.05) is 0 Å². The van der Waals surface area contributed by atoms with Gasteiger partial charge in [-0.25, -0.2) is 0 Å². The summed E-state index contributed by atoms with van der Waals surface area (Å²) < 4.78 is 0. The predicted octanol–water partition coefficient (Wildman–Crippen LogP) is 3.69. The minimum absolute atomic E-state index is 0.200. The molecule has 0 unspecified atom stereocenters. The topological polar surface area (TPSA) is 43.1 Å². The van der Waals surface area contributed by atoms with Crippen molar-refractivity contribution < 1.29 is 4.92 Å². The Balaban J connectivity index is 2.38. The fourth-order valence-corrected chi connectivity index (χ4v) is 2.90. The van der Waals surface area contributed by atoms with Gasteiger partial charge in [-0.1, -0.05) is 11.3 Å². The summed E-state index contributed by atoms with van der Waals surface area (Å²) in [4.78, 5) is 13.4. The Morgan fingerprint density at radius 1 is 1.14 bits per heavy atom. The molecule has 0 aliphatic carbocycles. The number of hydrogen-bond acceptors (Lipinski definition) is 4. The van der Waals surface area contributed by atoms with Gasteiger partial charge in [-0.05, 0) is 25.1 Å². The van der Waals surface area contributed by atoms with E-state index >= 15 is 0 Å². The molecule has 0 bridgehead atoms. The first kappa shape index (κ1) is 9.36. The zero-order chi connectivity index (χ0) is 10.1. The molecule has 0 spiro atoms. The number of hydrogen-bond donors (Lipinski definition) is 0. The minimum atomic E-state index is -0.353. The molecule has 2 heterocycles. The van der Waals surface area contributed by atoms with E-state index in [2.05, 4.69) is 0 Å². The molecule has 5 heteroatoms. The van der Waals surface area contributed by atoms with Crippen LogP contribution >= 0.6 is 22.7 Å². The van der Waals surface area contributed by atoms with Crippen molar-refractivity contribution in [2.45, 2.75) is 6.92 Å². The second-order valence-corrected chi connectivity index (χ2v) is 5.16. The summed E-state index contributed by atoms with van der Waals surface area (Å²) in [5.41, 5.74) is 0. The van der Waals surface area contributed by atoms with Crippen molar-refractivity contribution in [2.24, 2.45) is 0 Å². The van der Waals surface area contributed by atoms with Crippen molar-refractivity contribution in [3.8, 4) is 9.75 Å². The molecule has 0 atom stereocenters. The highest BCUT2D eigenvalue weighted by Gasteiger charge is 2.11. The first-order chi connectivity index (χ1) is 6.66. The van der Waals surface area contributed by atoms with E-state index in [-0.39, 0.29) is 9.92 Å². The first-order valence-corrected chi connectivity index (χ1v) is 5.61. The van der Waals surface area contributed by atoms with Gasteiger partial charge in [0.05, 0.1) is 9.80 Å². The van der Waals surface area contributed by atoms with Gasteiger partial charge in [0.1, 0.15) is 0 Å². The fraction of sp³-hybridized carbons (Fsp3) is 0.111. The van der Waals surface area contributed by atoms with Crippen LogP contribution in [-0.4, -0.2) is 4.92 Å². The van der Waals surface area contributed by atoms with E-state index in [1.54, 1.807) is 23.5 Å². The van der Waals surface area contributed by atoms with E-state index in [1.807, 2.05) is 19.1 Å². The van der Waals surface area contributed by atoms with Gasteiger partial charge in [0.2, 0.25) is 0 Å². The number of rotatable bonds is 2. The molecule has 0 N–H and O–H groups in total.